The Hall–Kier alpha value is -1.45. The SMILES string of the molecule is CC(NS(=O)(=O)c1cc(Cl)ccc1OC(F)F)C(=O)O. The molecule has 0 saturated carbocycles. The predicted octanol–water partition coefficient (Wildman–Crippen LogP) is 1.69. The highest BCUT2D eigenvalue weighted by atomic mass is 35.5. The Morgan fingerprint density at radius 1 is 1.45 bits per heavy atom. The van der Waals surface area contributed by atoms with Gasteiger partial charge in [-0.1, -0.05) is 11.6 Å². The van der Waals surface area contributed by atoms with Crippen LogP contribution in [0.3, 0.4) is 0 Å². The minimum atomic E-state index is -4.38. The van der Waals surface area contributed by atoms with Crippen molar-refractivity contribution in [2.75, 3.05) is 0 Å². The maximum atomic E-state index is 12.2. The van der Waals surface area contributed by atoms with Crippen molar-refractivity contribution >= 4 is 27.6 Å². The van der Waals surface area contributed by atoms with Crippen LogP contribution in [0.15, 0.2) is 23.1 Å². The molecule has 0 aliphatic heterocycles. The number of sulfonamides is 1. The molecule has 0 heterocycles. The molecule has 1 aromatic rings. The highest BCUT2D eigenvalue weighted by Crippen LogP contribution is 2.28. The minimum absolute atomic E-state index is 0.0324. The molecule has 0 radical (unpaired) electrons. The van der Waals surface area contributed by atoms with E-state index in [0.717, 1.165) is 19.1 Å². The van der Waals surface area contributed by atoms with Crippen LogP contribution in [0.25, 0.3) is 0 Å². The highest BCUT2D eigenvalue weighted by Gasteiger charge is 2.26. The molecule has 1 unspecified atom stereocenters. The molecule has 0 aromatic heterocycles. The summed E-state index contributed by atoms with van der Waals surface area (Å²) in [5.41, 5.74) is 0. The first-order chi connectivity index (χ1) is 9.13. The molecule has 112 valence electrons. The van der Waals surface area contributed by atoms with E-state index in [9.17, 15) is 22.0 Å². The number of hydrogen-bond donors (Lipinski definition) is 2. The molecular formula is C10H10ClF2NO5S. The normalized spacial score (nSPS) is 13.2. The van der Waals surface area contributed by atoms with E-state index in [-0.39, 0.29) is 5.02 Å². The van der Waals surface area contributed by atoms with Crippen molar-refractivity contribution in [1.29, 1.82) is 0 Å². The van der Waals surface area contributed by atoms with Crippen molar-refractivity contribution in [2.45, 2.75) is 24.5 Å². The number of benzene rings is 1. The van der Waals surface area contributed by atoms with E-state index in [1.807, 2.05) is 0 Å². The van der Waals surface area contributed by atoms with Gasteiger partial charge in [0.25, 0.3) is 0 Å². The van der Waals surface area contributed by atoms with E-state index in [2.05, 4.69) is 4.74 Å². The molecule has 6 nitrogen and oxygen atoms in total. The van der Waals surface area contributed by atoms with Crippen molar-refractivity contribution in [3.05, 3.63) is 23.2 Å². The van der Waals surface area contributed by atoms with E-state index in [4.69, 9.17) is 16.7 Å². The van der Waals surface area contributed by atoms with E-state index in [1.165, 1.54) is 6.07 Å². The zero-order valence-electron chi connectivity index (χ0n) is 10.0. The van der Waals surface area contributed by atoms with Gasteiger partial charge in [-0.15, -0.1) is 0 Å². The molecule has 0 spiro atoms. The molecule has 1 atom stereocenters. The van der Waals surface area contributed by atoms with Gasteiger partial charge in [0.1, 0.15) is 16.7 Å². The smallest absolute Gasteiger partial charge is 0.387 e. The van der Waals surface area contributed by atoms with Gasteiger partial charge in [-0.05, 0) is 25.1 Å². The Balaban J connectivity index is 3.22. The number of nitrogens with one attached hydrogen (secondary N) is 1. The van der Waals surface area contributed by atoms with Gasteiger partial charge in [0.15, 0.2) is 0 Å². The van der Waals surface area contributed by atoms with Crippen LogP contribution in [0.1, 0.15) is 6.92 Å². The number of aliphatic carboxylic acids is 1. The number of alkyl halides is 2. The lowest BCUT2D eigenvalue weighted by Crippen LogP contribution is -2.38. The van der Waals surface area contributed by atoms with Gasteiger partial charge in [-0.2, -0.15) is 13.5 Å². The van der Waals surface area contributed by atoms with Crippen LogP contribution in [0.4, 0.5) is 8.78 Å². The van der Waals surface area contributed by atoms with Gasteiger partial charge < -0.3 is 9.84 Å². The van der Waals surface area contributed by atoms with Gasteiger partial charge in [0.2, 0.25) is 10.0 Å². The van der Waals surface area contributed by atoms with Gasteiger partial charge >= 0.3 is 12.6 Å². The fraction of sp³-hybridized carbons (Fsp3) is 0.300. The van der Waals surface area contributed by atoms with Crippen molar-refractivity contribution in [3.63, 3.8) is 0 Å². The number of rotatable bonds is 6. The number of carboxylic acids is 1. The number of carboxylic acid groups (broad SMARTS) is 1. The van der Waals surface area contributed by atoms with Gasteiger partial charge in [0, 0.05) is 5.02 Å². The lowest BCUT2D eigenvalue weighted by molar-refractivity contribution is -0.138. The standard InChI is InChI=1S/C10H10ClF2NO5S/c1-5(9(15)16)14-20(17,18)8-4-6(11)2-3-7(8)19-10(12)13/h2-5,10,14H,1H3,(H,15,16). The summed E-state index contributed by atoms with van der Waals surface area (Å²) in [5, 5.41) is 8.62. The molecule has 0 fully saturated rings. The van der Waals surface area contributed by atoms with Crippen LogP contribution in [0.2, 0.25) is 5.02 Å². The average molecular weight is 330 g/mol. The molecule has 0 aliphatic carbocycles. The summed E-state index contributed by atoms with van der Waals surface area (Å²) in [6.45, 7) is -2.15. The Kier molecular flexibility index (Phi) is 5.26. The van der Waals surface area contributed by atoms with E-state index < -0.39 is 39.3 Å². The zero-order valence-corrected chi connectivity index (χ0v) is 11.6. The van der Waals surface area contributed by atoms with Gasteiger partial charge in [0.05, 0.1) is 0 Å². The first-order valence-electron chi connectivity index (χ1n) is 5.13. The maximum Gasteiger partial charge on any atom is 0.387 e. The molecule has 20 heavy (non-hydrogen) atoms. The van der Waals surface area contributed by atoms with Gasteiger partial charge in [-0.25, -0.2) is 8.42 Å². The third-order valence-electron chi connectivity index (χ3n) is 2.11. The summed E-state index contributed by atoms with van der Waals surface area (Å²) in [5.74, 6) is -2.05. The third kappa shape index (κ3) is 4.29. The molecule has 1 rings (SSSR count). The molecule has 0 bridgehead atoms. The maximum absolute atomic E-state index is 12.2. The number of hydrogen-bond acceptors (Lipinski definition) is 4. The summed E-state index contributed by atoms with van der Waals surface area (Å²) < 4.78 is 54.2. The fourth-order valence-electron chi connectivity index (χ4n) is 1.23. The molecule has 0 saturated heterocycles. The lowest BCUT2D eigenvalue weighted by Gasteiger charge is -2.14. The summed E-state index contributed by atoms with van der Waals surface area (Å²) in [7, 11) is -4.38. The van der Waals surface area contributed by atoms with Crippen molar-refractivity contribution < 1.29 is 31.8 Å². The zero-order chi connectivity index (χ0) is 15.5. The van der Waals surface area contributed by atoms with Crippen molar-refractivity contribution in [3.8, 4) is 5.75 Å². The summed E-state index contributed by atoms with van der Waals surface area (Å²) >= 11 is 5.61. The number of ether oxygens (including phenoxy) is 1. The van der Waals surface area contributed by atoms with Crippen LogP contribution in [-0.4, -0.2) is 32.1 Å². The fourth-order valence-corrected chi connectivity index (χ4v) is 2.83. The minimum Gasteiger partial charge on any atom is -0.480 e. The quantitative estimate of drug-likeness (QED) is 0.828. The summed E-state index contributed by atoms with van der Waals surface area (Å²) in [4.78, 5) is 9.97. The second-order valence-corrected chi connectivity index (χ2v) is 5.77. The summed E-state index contributed by atoms with van der Waals surface area (Å²) in [6, 6.07) is 1.56. The van der Waals surface area contributed by atoms with Crippen LogP contribution in [0, 0.1) is 0 Å². The van der Waals surface area contributed by atoms with Crippen LogP contribution < -0.4 is 9.46 Å². The highest BCUT2D eigenvalue weighted by molar-refractivity contribution is 7.89. The Labute approximate surface area is 118 Å². The van der Waals surface area contributed by atoms with Crippen LogP contribution >= 0.6 is 11.6 Å². The molecular weight excluding hydrogens is 320 g/mol. The topological polar surface area (TPSA) is 92.7 Å². The van der Waals surface area contributed by atoms with E-state index in [1.54, 1.807) is 4.72 Å². The number of carbonyl (C=O) groups is 1. The Bertz CT molecular complexity index is 608. The van der Waals surface area contributed by atoms with E-state index >= 15 is 0 Å². The lowest BCUT2D eigenvalue weighted by atomic mass is 10.3. The first-order valence-corrected chi connectivity index (χ1v) is 6.99. The predicted molar refractivity (Wildman–Crippen MR) is 65.5 cm³/mol. The Morgan fingerprint density at radius 2 is 2.05 bits per heavy atom. The van der Waals surface area contributed by atoms with Crippen molar-refractivity contribution in [2.24, 2.45) is 0 Å². The number of halogens is 3. The molecule has 0 aliphatic rings. The average Bonchev–Trinajstić information content (AvgIpc) is 2.30. The van der Waals surface area contributed by atoms with Gasteiger partial charge in [-0.3, -0.25) is 4.79 Å². The second kappa shape index (κ2) is 6.33. The Morgan fingerprint density at radius 3 is 2.55 bits per heavy atom. The third-order valence-corrected chi connectivity index (χ3v) is 3.91. The van der Waals surface area contributed by atoms with E-state index in [0.29, 0.717) is 0 Å². The first kappa shape index (κ1) is 16.6. The monoisotopic (exact) mass is 329 g/mol. The molecule has 2 N–H and O–H groups in total. The summed E-state index contributed by atoms with van der Waals surface area (Å²) in [6.07, 6.45) is 0. The van der Waals surface area contributed by atoms with Crippen molar-refractivity contribution in [1.82, 2.24) is 4.72 Å². The van der Waals surface area contributed by atoms with Crippen LogP contribution in [0.5, 0.6) is 5.75 Å². The second-order valence-electron chi connectivity index (χ2n) is 3.65. The largest absolute Gasteiger partial charge is 0.480 e. The molecule has 0 amide bonds. The van der Waals surface area contributed by atoms with Crippen LogP contribution in [-0.2, 0) is 14.8 Å². The molecule has 1 aromatic carbocycles. The molecule has 10 heteroatoms.